The number of amidine groups is 1. The van der Waals surface area contributed by atoms with Crippen LogP contribution in [0, 0.1) is 22.5 Å². The summed E-state index contributed by atoms with van der Waals surface area (Å²) in [7, 11) is 2.69. The Morgan fingerprint density at radius 2 is 1.57 bits per heavy atom. The number of methoxy groups -OCH3 is 2. The lowest BCUT2D eigenvalue weighted by molar-refractivity contribution is 0.0387. The molecular weight excluding hydrogens is 610 g/mol. The average Bonchev–Trinajstić information content (AvgIpc) is 3.02. The Hall–Kier alpha value is -6.16. The summed E-state index contributed by atoms with van der Waals surface area (Å²) in [5.41, 5.74) is 11.4. The number of ether oxygens (including phenoxy) is 6. The molecule has 0 amide bonds. The van der Waals surface area contributed by atoms with Crippen LogP contribution in [0.3, 0.4) is 0 Å². The van der Waals surface area contributed by atoms with Gasteiger partial charge in [0.25, 0.3) is 11.8 Å². The molecule has 1 aromatic heterocycles. The van der Waals surface area contributed by atoms with Gasteiger partial charge in [-0.25, -0.2) is 4.79 Å². The van der Waals surface area contributed by atoms with E-state index in [2.05, 4.69) is 10.3 Å². The number of nitrogens with one attached hydrogen (secondary N) is 3. The summed E-state index contributed by atoms with van der Waals surface area (Å²) in [5.74, 6) is -8.20. The first-order valence-corrected chi connectivity index (χ1v) is 13.2. The standard InChI is InChI=1S/C30H28F2N6O8/c1-41-10-11-43-29(40)16-7-9-20(22(13-16)42-2)45-25-23(31)27(44-18-5-3-4-17(14-18)37-30(35)36)38-28(24(25)32)46-21-12-15(26(33)34)6-8-19(21)39/h3-9,12-14,39H,10-11H2,1-2H3,(H3,33,34)(H4,35,36,37). The number of hydrogen-bond donors (Lipinski definition) is 6. The first-order valence-electron chi connectivity index (χ1n) is 13.2. The Labute approximate surface area is 260 Å². The van der Waals surface area contributed by atoms with Gasteiger partial charge in [0.2, 0.25) is 17.4 Å². The van der Waals surface area contributed by atoms with Crippen molar-refractivity contribution in [2.45, 2.75) is 0 Å². The van der Waals surface area contributed by atoms with E-state index in [1.165, 1.54) is 56.7 Å². The Balaban J connectivity index is 1.78. The minimum Gasteiger partial charge on any atom is -0.504 e. The zero-order valence-electron chi connectivity index (χ0n) is 24.4. The number of halogens is 2. The van der Waals surface area contributed by atoms with Gasteiger partial charge in [-0.15, -0.1) is 0 Å². The molecule has 0 unspecified atom stereocenters. The Morgan fingerprint density at radius 3 is 2.24 bits per heavy atom. The summed E-state index contributed by atoms with van der Waals surface area (Å²) < 4.78 is 63.7. The number of esters is 1. The highest BCUT2D eigenvalue weighted by Crippen LogP contribution is 2.43. The lowest BCUT2D eigenvalue weighted by Crippen LogP contribution is -2.20. The number of carbonyl (C=O) groups is 1. The largest absolute Gasteiger partial charge is 0.504 e. The van der Waals surface area contributed by atoms with Crippen molar-refractivity contribution < 1.29 is 47.1 Å². The molecule has 4 aromatic rings. The Morgan fingerprint density at radius 1 is 0.870 bits per heavy atom. The van der Waals surface area contributed by atoms with Gasteiger partial charge in [-0.2, -0.15) is 13.8 Å². The lowest BCUT2D eigenvalue weighted by atomic mass is 10.2. The van der Waals surface area contributed by atoms with E-state index < -0.39 is 40.9 Å². The average molecular weight is 639 g/mol. The van der Waals surface area contributed by atoms with Crippen molar-refractivity contribution in [1.29, 1.82) is 10.8 Å². The van der Waals surface area contributed by atoms with Gasteiger partial charge in [0.1, 0.15) is 18.2 Å². The van der Waals surface area contributed by atoms with Crippen molar-refractivity contribution in [1.82, 2.24) is 4.98 Å². The highest BCUT2D eigenvalue weighted by atomic mass is 19.1. The number of nitrogens with two attached hydrogens (primary N) is 2. The minimum absolute atomic E-state index is 0.00324. The Kier molecular flexibility index (Phi) is 10.4. The summed E-state index contributed by atoms with van der Waals surface area (Å²) in [5, 5.41) is 27.9. The van der Waals surface area contributed by atoms with E-state index in [9.17, 15) is 9.90 Å². The molecule has 16 heteroatoms. The third-order valence-corrected chi connectivity index (χ3v) is 5.91. The number of carbonyl (C=O) groups excluding carboxylic acids is 1. The van der Waals surface area contributed by atoms with Crippen LogP contribution in [0.1, 0.15) is 15.9 Å². The van der Waals surface area contributed by atoms with Crippen LogP contribution in [0.15, 0.2) is 60.7 Å². The van der Waals surface area contributed by atoms with Crippen molar-refractivity contribution in [3.05, 3.63) is 83.4 Å². The molecule has 0 aliphatic rings. The highest BCUT2D eigenvalue weighted by molar-refractivity contribution is 5.95. The second-order valence-corrected chi connectivity index (χ2v) is 9.14. The number of anilines is 1. The van der Waals surface area contributed by atoms with E-state index in [0.717, 1.165) is 12.1 Å². The fraction of sp³-hybridized carbons (Fsp3) is 0.133. The SMILES string of the molecule is COCCOC(=O)c1ccc(Oc2c(F)c(Oc3cccc(NC(=N)N)c3)nc(Oc3cc(C(=N)N)ccc3O)c2F)c(OC)c1. The smallest absolute Gasteiger partial charge is 0.338 e. The fourth-order valence-corrected chi connectivity index (χ4v) is 3.77. The van der Waals surface area contributed by atoms with Crippen LogP contribution >= 0.6 is 0 Å². The number of pyridine rings is 1. The summed E-state index contributed by atoms with van der Waals surface area (Å²) in [6.45, 7) is 0.168. The minimum atomic E-state index is -1.45. The van der Waals surface area contributed by atoms with E-state index in [1.807, 2.05) is 0 Å². The van der Waals surface area contributed by atoms with Gasteiger partial charge < -0.3 is 50.3 Å². The monoisotopic (exact) mass is 638 g/mol. The van der Waals surface area contributed by atoms with Gasteiger partial charge in [-0.05, 0) is 48.5 Å². The maximum atomic E-state index is 15.9. The van der Waals surface area contributed by atoms with E-state index in [-0.39, 0.29) is 59.1 Å². The molecule has 0 aliphatic heterocycles. The number of nitrogens with zero attached hydrogens (tertiary/aromatic N) is 1. The molecule has 0 aliphatic carbocycles. The zero-order chi connectivity index (χ0) is 33.4. The Bertz CT molecular complexity index is 1790. The number of phenolic OH excluding ortho intramolecular Hbond substituents is 1. The molecule has 0 fully saturated rings. The number of aromatic hydroxyl groups is 1. The maximum Gasteiger partial charge on any atom is 0.338 e. The first kappa shape index (κ1) is 32.7. The molecule has 0 spiro atoms. The summed E-state index contributed by atoms with van der Waals surface area (Å²) in [6, 6.07) is 13.2. The molecule has 8 N–H and O–H groups in total. The quantitative estimate of drug-likeness (QED) is 0.0502. The van der Waals surface area contributed by atoms with Gasteiger partial charge >= 0.3 is 5.97 Å². The molecule has 1 heterocycles. The molecule has 4 rings (SSSR count). The maximum absolute atomic E-state index is 15.9. The van der Waals surface area contributed by atoms with Crippen LogP contribution in [-0.2, 0) is 9.47 Å². The van der Waals surface area contributed by atoms with Crippen LogP contribution in [-0.4, -0.2) is 55.3 Å². The van der Waals surface area contributed by atoms with Crippen LogP contribution < -0.4 is 35.7 Å². The number of hydrogen-bond acceptors (Lipinski definition) is 11. The normalized spacial score (nSPS) is 10.5. The predicted octanol–water partition coefficient (Wildman–Crippen LogP) is 4.84. The molecule has 3 aromatic carbocycles. The lowest BCUT2D eigenvalue weighted by Gasteiger charge is -2.17. The van der Waals surface area contributed by atoms with Crippen molar-refractivity contribution >= 4 is 23.5 Å². The third kappa shape index (κ3) is 7.86. The number of phenols is 1. The van der Waals surface area contributed by atoms with Crippen LogP contribution in [0.5, 0.6) is 46.3 Å². The highest BCUT2D eigenvalue weighted by Gasteiger charge is 2.28. The van der Waals surface area contributed by atoms with Gasteiger partial charge in [0.05, 0.1) is 19.3 Å². The molecule has 0 saturated carbocycles. The first-order chi connectivity index (χ1) is 22.0. The van der Waals surface area contributed by atoms with E-state index in [0.29, 0.717) is 5.69 Å². The zero-order valence-corrected chi connectivity index (χ0v) is 24.4. The van der Waals surface area contributed by atoms with E-state index in [1.54, 1.807) is 6.07 Å². The molecule has 14 nitrogen and oxygen atoms in total. The second kappa shape index (κ2) is 14.5. The number of rotatable bonds is 13. The third-order valence-electron chi connectivity index (χ3n) is 5.91. The van der Waals surface area contributed by atoms with Crippen LogP contribution in [0.25, 0.3) is 0 Å². The predicted molar refractivity (Wildman–Crippen MR) is 161 cm³/mol. The number of aromatic nitrogens is 1. The van der Waals surface area contributed by atoms with Crippen molar-refractivity contribution in [2.24, 2.45) is 11.5 Å². The summed E-state index contributed by atoms with van der Waals surface area (Å²) in [6.07, 6.45) is 0. The molecular formula is C30H28F2N6O8. The van der Waals surface area contributed by atoms with E-state index >= 15 is 8.78 Å². The van der Waals surface area contributed by atoms with E-state index in [4.69, 9.17) is 50.7 Å². The number of benzene rings is 3. The van der Waals surface area contributed by atoms with Gasteiger partial charge in [-0.1, -0.05) is 6.07 Å². The van der Waals surface area contributed by atoms with Crippen molar-refractivity contribution in [3.63, 3.8) is 0 Å². The van der Waals surface area contributed by atoms with Gasteiger partial charge in [0, 0.05) is 24.4 Å². The molecule has 0 radical (unpaired) electrons. The van der Waals surface area contributed by atoms with Crippen LogP contribution in [0.2, 0.25) is 0 Å². The molecule has 0 atom stereocenters. The molecule has 0 saturated heterocycles. The summed E-state index contributed by atoms with van der Waals surface area (Å²) >= 11 is 0. The molecule has 0 bridgehead atoms. The number of nitrogen functional groups attached to an aromatic ring is 1. The molecule has 46 heavy (non-hydrogen) atoms. The second-order valence-electron chi connectivity index (χ2n) is 9.14. The van der Waals surface area contributed by atoms with Crippen molar-refractivity contribution in [3.8, 4) is 46.3 Å². The van der Waals surface area contributed by atoms with Gasteiger partial charge in [0.15, 0.2) is 29.0 Å². The fourth-order valence-electron chi connectivity index (χ4n) is 3.77. The van der Waals surface area contributed by atoms with Gasteiger partial charge in [-0.3, -0.25) is 10.8 Å². The summed E-state index contributed by atoms with van der Waals surface area (Å²) in [4.78, 5) is 16.2. The van der Waals surface area contributed by atoms with Crippen LogP contribution in [0.4, 0.5) is 14.5 Å². The number of guanidine groups is 1. The topological polar surface area (TPSA) is 217 Å². The molecule has 240 valence electrons. The van der Waals surface area contributed by atoms with Crippen molar-refractivity contribution in [2.75, 3.05) is 32.8 Å².